The van der Waals surface area contributed by atoms with E-state index in [4.69, 9.17) is 9.16 Å². The molecule has 0 saturated heterocycles. The molecule has 0 saturated carbocycles. The number of carbonyl (C=O) groups is 1. The second-order valence-corrected chi connectivity index (χ2v) is 9.86. The molecule has 0 spiro atoms. The van der Waals surface area contributed by atoms with Crippen molar-refractivity contribution in [1.29, 1.82) is 0 Å². The lowest BCUT2D eigenvalue weighted by Gasteiger charge is -2.19. The number of hydrogen-bond acceptors (Lipinski definition) is 3. The predicted octanol–water partition coefficient (Wildman–Crippen LogP) is 2.43. The maximum absolute atomic E-state index is 11.3. The van der Waals surface area contributed by atoms with E-state index in [2.05, 4.69) is 19.6 Å². The van der Waals surface area contributed by atoms with Gasteiger partial charge in [-0.2, -0.15) is 0 Å². The van der Waals surface area contributed by atoms with Crippen molar-refractivity contribution in [2.45, 2.75) is 40.4 Å². The third-order valence-corrected chi connectivity index (χ3v) is 2.53. The Kier molecular flexibility index (Phi) is 4.81. The lowest BCUT2D eigenvalue weighted by molar-refractivity contribution is -0.153. The molecule has 0 N–H and O–H groups in total. The molecule has 0 aromatic carbocycles. The molecule has 14 heavy (non-hydrogen) atoms. The van der Waals surface area contributed by atoms with Crippen molar-refractivity contribution in [3.8, 4) is 0 Å². The first-order valence-corrected chi connectivity index (χ1v) is 8.35. The first kappa shape index (κ1) is 13.6. The van der Waals surface area contributed by atoms with Crippen LogP contribution < -0.4 is 0 Å². The number of esters is 1. The van der Waals surface area contributed by atoms with Crippen LogP contribution >= 0.6 is 0 Å². The van der Waals surface area contributed by atoms with Gasteiger partial charge in [-0.1, -0.05) is 0 Å². The van der Waals surface area contributed by atoms with Crippen LogP contribution in [0.25, 0.3) is 0 Å². The summed E-state index contributed by atoms with van der Waals surface area (Å²) in [5.41, 5.74) is -0.417. The Morgan fingerprint density at radius 3 is 2.00 bits per heavy atom. The van der Waals surface area contributed by atoms with Gasteiger partial charge in [0.2, 0.25) is 0 Å². The molecule has 0 rings (SSSR count). The van der Waals surface area contributed by atoms with Gasteiger partial charge in [0.1, 0.15) is 6.61 Å². The van der Waals surface area contributed by atoms with E-state index in [-0.39, 0.29) is 5.97 Å². The van der Waals surface area contributed by atoms with Crippen LogP contribution in [0, 0.1) is 5.41 Å². The van der Waals surface area contributed by atoms with Crippen LogP contribution in [0.3, 0.4) is 0 Å². The molecule has 4 heteroatoms. The summed E-state index contributed by atoms with van der Waals surface area (Å²) in [6.07, 6.45) is 0. The molecule has 0 amide bonds. The second kappa shape index (κ2) is 4.93. The zero-order valence-electron chi connectivity index (χ0n) is 10.1. The van der Waals surface area contributed by atoms with E-state index in [1.165, 1.54) is 0 Å². The lowest BCUT2D eigenvalue weighted by atomic mass is 9.97. The summed E-state index contributed by atoms with van der Waals surface area (Å²) >= 11 is 0. The van der Waals surface area contributed by atoms with Crippen molar-refractivity contribution in [3.63, 3.8) is 0 Å². The molecule has 3 nitrogen and oxygen atoms in total. The maximum Gasteiger partial charge on any atom is 0.311 e. The molecule has 84 valence electrons. The molecule has 0 aliphatic carbocycles. The lowest BCUT2D eigenvalue weighted by Crippen LogP contribution is -2.29. The summed E-state index contributed by atoms with van der Waals surface area (Å²) in [4.78, 5) is 11.3. The second-order valence-electron chi connectivity index (χ2n) is 5.35. The molecule has 0 heterocycles. The maximum atomic E-state index is 11.3. The highest BCUT2D eigenvalue weighted by atomic mass is 28.4. The SMILES string of the molecule is CC(C)(C)C(=O)OCCO[Si](C)(C)C. The topological polar surface area (TPSA) is 35.5 Å². The summed E-state index contributed by atoms with van der Waals surface area (Å²) in [5.74, 6) is -0.170. The molecule has 0 unspecified atom stereocenters. The summed E-state index contributed by atoms with van der Waals surface area (Å²) in [6.45, 7) is 12.7. The minimum Gasteiger partial charge on any atom is -0.463 e. The fourth-order valence-corrected chi connectivity index (χ4v) is 1.39. The van der Waals surface area contributed by atoms with E-state index >= 15 is 0 Å². The minimum atomic E-state index is -1.47. The van der Waals surface area contributed by atoms with E-state index < -0.39 is 13.7 Å². The molecule has 0 aliphatic rings. The van der Waals surface area contributed by atoms with Crippen molar-refractivity contribution in [3.05, 3.63) is 0 Å². The van der Waals surface area contributed by atoms with E-state index in [1.807, 2.05) is 20.8 Å². The van der Waals surface area contributed by atoms with Gasteiger partial charge < -0.3 is 9.16 Å². The zero-order chi connectivity index (χ0) is 11.4. The standard InChI is InChI=1S/C10H22O3Si/c1-10(2,3)9(11)12-7-8-13-14(4,5)6/h7-8H2,1-6H3. The van der Waals surface area contributed by atoms with Gasteiger partial charge in [0.25, 0.3) is 0 Å². The van der Waals surface area contributed by atoms with Crippen molar-refractivity contribution < 1.29 is 14.0 Å². The Labute approximate surface area is 87.9 Å². The van der Waals surface area contributed by atoms with E-state index in [9.17, 15) is 4.79 Å². The van der Waals surface area contributed by atoms with Crippen LogP contribution in [-0.2, 0) is 14.0 Å². The highest BCUT2D eigenvalue weighted by Crippen LogP contribution is 2.14. The molecule has 0 atom stereocenters. The van der Waals surface area contributed by atoms with Crippen molar-refractivity contribution in [2.75, 3.05) is 13.2 Å². The third kappa shape index (κ3) is 7.09. The van der Waals surface area contributed by atoms with Crippen molar-refractivity contribution in [2.24, 2.45) is 5.41 Å². The van der Waals surface area contributed by atoms with Crippen LogP contribution in [0.15, 0.2) is 0 Å². The Morgan fingerprint density at radius 2 is 1.64 bits per heavy atom. The number of ether oxygens (including phenoxy) is 1. The first-order valence-electron chi connectivity index (χ1n) is 4.94. The molecule has 0 aromatic rings. The third-order valence-electron chi connectivity index (χ3n) is 1.46. The Morgan fingerprint density at radius 1 is 1.14 bits per heavy atom. The van der Waals surface area contributed by atoms with Crippen molar-refractivity contribution >= 4 is 14.3 Å². The summed E-state index contributed by atoms with van der Waals surface area (Å²) in [5, 5.41) is 0. The Balaban J connectivity index is 3.62. The highest BCUT2D eigenvalue weighted by molar-refractivity contribution is 6.69. The van der Waals surface area contributed by atoms with Crippen molar-refractivity contribution in [1.82, 2.24) is 0 Å². The highest BCUT2D eigenvalue weighted by Gasteiger charge is 2.23. The van der Waals surface area contributed by atoms with Gasteiger partial charge in [0.05, 0.1) is 12.0 Å². The van der Waals surface area contributed by atoms with E-state index in [1.54, 1.807) is 0 Å². The fourth-order valence-electron chi connectivity index (χ4n) is 0.699. The average Bonchev–Trinajstić information content (AvgIpc) is 1.93. The quantitative estimate of drug-likeness (QED) is 0.413. The van der Waals surface area contributed by atoms with Gasteiger partial charge in [-0.25, -0.2) is 0 Å². The molecule has 0 fully saturated rings. The molecule has 0 aromatic heterocycles. The summed E-state index contributed by atoms with van der Waals surface area (Å²) in [6, 6.07) is 0. The van der Waals surface area contributed by atoms with Crippen LogP contribution in [0.1, 0.15) is 20.8 Å². The van der Waals surface area contributed by atoms with Crippen LogP contribution in [0.4, 0.5) is 0 Å². The average molecular weight is 218 g/mol. The van der Waals surface area contributed by atoms with E-state index in [0.717, 1.165) is 0 Å². The largest absolute Gasteiger partial charge is 0.463 e. The smallest absolute Gasteiger partial charge is 0.311 e. The van der Waals surface area contributed by atoms with Gasteiger partial charge >= 0.3 is 5.97 Å². The summed E-state index contributed by atoms with van der Waals surface area (Å²) in [7, 11) is -1.47. The van der Waals surface area contributed by atoms with Crippen LogP contribution in [0.5, 0.6) is 0 Å². The number of carbonyl (C=O) groups excluding carboxylic acids is 1. The Bertz CT molecular complexity index is 189. The molecular weight excluding hydrogens is 196 g/mol. The predicted molar refractivity (Wildman–Crippen MR) is 59.7 cm³/mol. The number of hydrogen-bond donors (Lipinski definition) is 0. The first-order chi connectivity index (χ1) is 6.13. The zero-order valence-corrected chi connectivity index (χ0v) is 11.1. The monoisotopic (exact) mass is 218 g/mol. The van der Waals surface area contributed by atoms with Gasteiger partial charge in [-0.3, -0.25) is 4.79 Å². The van der Waals surface area contributed by atoms with Crippen LogP contribution in [0.2, 0.25) is 19.6 Å². The Hall–Kier alpha value is -0.353. The van der Waals surface area contributed by atoms with Gasteiger partial charge in [0.15, 0.2) is 8.32 Å². The van der Waals surface area contributed by atoms with Gasteiger partial charge in [-0.05, 0) is 40.4 Å². The van der Waals surface area contributed by atoms with Gasteiger partial charge in [-0.15, -0.1) is 0 Å². The molecule has 0 radical (unpaired) electrons. The van der Waals surface area contributed by atoms with E-state index in [0.29, 0.717) is 13.2 Å². The molecular formula is C10H22O3Si. The molecule has 0 aliphatic heterocycles. The molecule has 0 bridgehead atoms. The minimum absolute atomic E-state index is 0.170. The fraction of sp³-hybridized carbons (Fsp3) is 0.900. The number of rotatable bonds is 4. The van der Waals surface area contributed by atoms with Crippen LogP contribution in [-0.4, -0.2) is 27.5 Å². The summed E-state index contributed by atoms with van der Waals surface area (Å²) < 4.78 is 10.6. The van der Waals surface area contributed by atoms with Gasteiger partial charge in [0, 0.05) is 0 Å². The normalized spacial score (nSPS) is 12.7.